The first-order valence-electron chi connectivity index (χ1n) is 6.42. The third kappa shape index (κ3) is 3.68. The zero-order valence-electron chi connectivity index (χ0n) is 11.0. The Hall–Kier alpha value is -1.59. The van der Waals surface area contributed by atoms with E-state index >= 15 is 0 Å². The molecule has 0 aromatic heterocycles. The first kappa shape index (κ1) is 13.8. The molecule has 2 N–H and O–H groups in total. The van der Waals surface area contributed by atoms with E-state index in [1.165, 1.54) is 0 Å². The van der Waals surface area contributed by atoms with E-state index in [1.54, 1.807) is 31.4 Å². The number of ether oxygens (including phenoxy) is 2. The van der Waals surface area contributed by atoms with E-state index in [-0.39, 0.29) is 18.6 Å². The lowest BCUT2D eigenvalue weighted by Gasteiger charge is -2.15. The molecule has 0 bridgehead atoms. The van der Waals surface area contributed by atoms with Gasteiger partial charge in [0.2, 0.25) is 5.91 Å². The zero-order valence-corrected chi connectivity index (χ0v) is 11.0. The quantitative estimate of drug-likeness (QED) is 0.834. The summed E-state index contributed by atoms with van der Waals surface area (Å²) in [6.07, 6.45) is 0.551. The van der Waals surface area contributed by atoms with E-state index in [2.05, 4.69) is 5.32 Å². The molecule has 19 heavy (non-hydrogen) atoms. The van der Waals surface area contributed by atoms with Gasteiger partial charge in [0.05, 0.1) is 13.2 Å². The molecule has 0 unspecified atom stereocenters. The minimum atomic E-state index is -0.750. The Bertz CT molecular complexity index is 429. The van der Waals surface area contributed by atoms with E-state index in [4.69, 9.17) is 9.47 Å². The van der Waals surface area contributed by atoms with Crippen LogP contribution in [0.25, 0.3) is 0 Å². The second-order valence-corrected chi connectivity index (χ2v) is 4.54. The molecule has 1 fully saturated rings. The Morgan fingerprint density at radius 3 is 3.16 bits per heavy atom. The highest BCUT2D eigenvalue weighted by Crippen LogP contribution is 2.19. The smallest absolute Gasteiger partial charge is 0.249 e. The normalized spacial score (nSPS) is 20.0. The third-order valence-electron chi connectivity index (χ3n) is 3.17. The maximum Gasteiger partial charge on any atom is 0.249 e. The summed E-state index contributed by atoms with van der Waals surface area (Å²) < 4.78 is 10.4. The monoisotopic (exact) mass is 265 g/mol. The summed E-state index contributed by atoms with van der Waals surface area (Å²) in [6.45, 7) is 0.808. The predicted octanol–water partition coefficient (Wildman–Crippen LogP) is 1.02. The van der Waals surface area contributed by atoms with E-state index in [0.29, 0.717) is 17.9 Å². The van der Waals surface area contributed by atoms with Gasteiger partial charge in [-0.2, -0.15) is 0 Å². The van der Waals surface area contributed by atoms with Crippen LogP contribution >= 0.6 is 0 Å². The Morgan fingerprint density at radius 1 is 1.63 bits per heavy atom. The minimum Gasteiger partial charge on any atom is -0.497 e. The number of amides is 1. The number of aliphatic hydroxyl groups excluding tert-OH is 1. The second-order valence-electron chi connectivity index (χ2n) is 4.54. The number of methoxy groups -OCH3 is 1. The average Bonchev–Trinajstić information content (AvgIpc) is 2.98. The van der Waals surface area contributed by atoms with Gasteiger partial charge in [0, 0.05) is 13.2 Å². The molecule has 2 rings (SSSR count). The molecule has 0 spiro atoms. The fraction of sp³-hybridized carbons (Fsp3) is 0.500. The minimum absolute atomic E-state index is 0.153. The average molecular weight is 265 g/mol. The van der Waals surface area contributed by atoms with Crippen molar-refractivity contribution in [3.8, 4) is 5.75 Å². The van der Waals surface area contributed by atoms with Crippen molar-refractivity contribution >= 4 is 5.91 Å². The summed E-state index contributed by atoms with van der Waals surface area (Å²) in [4.78, 5) is 11.7. The van der Waals surface area contributed by atoms with Gasteiger partial charge in [-0.25, -0.2) is 0 Å². The van der Waals surface area contributed by atoms with Crippen LogP contribution in [0, 0.1) is 0 Å². The summed E-state index contributed by atoms with van der Waals surface area (Å²) in [5.41, 5.74) is 0.715. The van der Waals surface area contributed by atoms with Crippen LogP contribution in [0.15, 0.2) is 24.3 Å². The standard InChI is InChI=1S/C14H19NO4/c1-18-11-5-2-4-10(8-11)12(16)9-15-14(17)13-6-3-7-19-13/h2,4-5,8,12-13,16H,3,6-7,9H2,1H3,(H,15,17)/t12-,13+/m0/s1. The van der Waals surface area contributed by atoms with Gasteiger partial charge in [0.15, 0.2) is 0 Å². The van der Waals surface area contributed by atoms with Crippen molar-refractivity contribution in [3.63, 3.8) is 0 Å². The Kier molecular flexibility index (Phi) is 4.76. The number of carbonyl (C=O) groups excluding carboxylic acids is 1. The maximum absolute atomic E-state index is 11.7. The van der Waals surface area contributed by atoms with E-state index in [0.717, 1.165) is 12.8 Å². The number of hydrogen-bond acceptors (Lipinski definition) is 4. The molecule has 1 aromatic carbocycles. The van der Waals surface area contributed by atoms with Crippen molar-refractivity contribution in [3.05, 3.63) is 29.8 Å². The maximum atomic E-state index is 11.7. The van der Waals surface area contributed by atoms with Gasteiger partial charge in [-0.1, -0.05) is 12.1 Å². The van der Waals surface area contributed by atoms with Gasteiger partial charge in [0.1, 0.15) is 11.9 Å². The van der Waals surface area contributed by atoms with Crippen LogP contribution in [0.2, 0.25) is 0 Å². The molecule has 5 heteroatoms. The fourth-order valence-electron chi connectivity index (χ4n) is 2.06. The van der Waals surface area contributed by atoms with Crippen LogP contribution in [0.3, 0.4) is 0 Å². The molecule has 1 saturated heterocycles. The van der Waals surface area contributed by atoms with Gasteiger partial charge in [0.25, 0.3) is 0 Å². The summed E-state index contributed by atoms with van der Waals surface area (Å²) >= 11 is 0. The molecular weight excluding hydrogens is 246 g/mol. The van der Waals surface area contributed by atoms with Crippen LogP contribution < -0.4 is 10.1 Å². The number of nitrogens with one attached hydrogen (secondary N) is 1. The highest BCUT2D eigenvalue weighted by Gasteiger charge is 2.23. The topological polar surface area (TPSA) is 67.8 Å². The lowest BCUT2D eigenvalue weighted by Crippen LogP contribution is -2.36. The lowest BCUT2D eigenvalue weighted by atomic mass is 10.1. The van der Waals surface area contributed by atoms with Crippen molar-refractivity contribution < 1.29 is 19.4 Å². The van der Waals surface area contributed by atoms with Gasteiger partial charge in [-0.3, -0.25) is 4.79 Å². The molecule has 1 aliphatic heterocycles. The molecule has 0 saturated carbocycles. The summed E-state index contributed by atoms with van der Waals surface area (Å²) in [7, 11) is 1.57. The Morgan fingerprint density at radius 2 is 2.47 bits per heavy atom. The number of hydrogen-bond donors (Lipinski definition) is 2. The molecule has 1 heterocycles. The molecule has 1 aromatic rings. The van der Waals surface area contributed by atoms with E-state index in [9.17, 15) is 9.90 Å². The Labute approximate surface area is 112 Å². The number of rotatable bonds is 5. The third-order valence-corrected chi connectivity index (χ3v) is 3.17. The molecule has 0 radical (unpaired) electrons. The van der Waals surface area contributed by atoms with Crippen molar-refractivity contribution in [2.45, 2.75) is 25.0 Å². The number of carbonyl (C=O) groups is 1. The van der Waals surface area contributed by atoms with Crippen LogP contribution in [0.4, 0.5) is 0 Å². The molecule has 5 nitrogen and oxygen atoms in total. The van der Waals surface area contributed by atoms with Gasteiger partial charge in [-0.05, 0) is 30.5 Å². The number of aliphatic hydroxyl groups is 1. The largest absolute Gasteiger partial charge is 0.497 e. The molecule has 104 valence electrons. The molecule has 0 aliphatic carbocycles. The highest BCUT2D eigenvalue weighted by atomic mass is 16.5. The van der Waals surface area contributed by atoms with Crippen LogP contribution in [0.1, 0.15) is 24.5 Å². The zero-order chi connectivity index (χ0) is 13.7. The van der Waals surface area contributed by atoms with E-state index < -0.39 is 6.10 Å². The van der Waals surface area contributed by atoms with Crippen LogP contribution in [-0.2, 0) is 9.53 Å². The van der Waals surface area contributed by atoms with Gasteiger partial charge >= 0.3 is 0 Å². The Balaban J connectivity index is 1.86. The van der Waals surface area contributed by atoms with E-state index in [1.807, 2.05) is 0 Å². The fourth-order valence-corrected chi connectivity index (χ4v) is 2.06. The molecule has 1 aliphatic rings. The second kappa shape index (κ2) is 6.54. The summed E-state index contributed by atoms with van der Waals surface area (Å²) in [5.74, 6) is 0.529. The lowest BCUT2D eigenvalue weighted by molar-refractivity contribution is -0.130. The van der Waals surface area contributed by atoms with Gasteiger partial charge in [-0.15, -0.1) is 0 Å². The molecule has 2 atom stereocenters. The van der Waals surface area contributed by atoms with Crippen molar-refractivity contribution in [1.82, 2.24) is 5.32 Å². The summed E-state index contributed by atoms with van der Waals surface area (Å²) in [5, 5.41) is 12.7. The first-order chi connectivity index (χ1) is 9.20. The predicted molar refractivity (Wildman–Crippen MR) is 69.9 cm³/mol. The number of benzene rings is 1. The SMILES string of the molecule is COc1cccc([C@@H](O)CNC(=O)[C@H]2CCCO2)c1. The molecule has 1 amide bonds. The van der Waals surface area contributed by atoms with Crippen molar-refractivity contribution in [1.29, 1.82) is 0 Å². The van der Waals surface area contributed by atoms with Gasteiger partial charge < -0.3 is 19.9 Å². The summed E-state index contributed by atoms with van der Waals surface area (Å²) in [6, 6.07) is 7.16. The van der Waals surface area contributed by atoms with Crippen LogP contribution in [-0.4, -0.2) is 37.4 Å². The first-order valence-corrected chi connectivity index (χ1v) is 6.42. The molecular formula is C14H19NO4. The van der Waals surface area contributed by atoms with Crippen molar-refractivity contribution in [2.24, 2.45) is 0 Å². The van der Waals surface area contributed by atoms with Crippen molar-refractivity contribution in [2.75, 3.05) is 20.3 Å². The highest BCUT2D eigenvalue weighted by molar-refractivity contribution is 5.80. The van der Waals surface area contributed by atoms with Crippen LogP contribution in [0.5, 0.6) is 5.75 Å².